The van der Waals surface area contributed by atoms with E-state index in [0.29, 0.717) is 13.1 Å². The summed E-state index contributed by atoms with van der Waals surface area (Å²) in [5.74, 6) is 0.805. The molecular formula is C18H22N2O2. The first kappa shape index (κ1) is 16.0. The topological polar surface area (TPSA) is 50.4 Å². The molecule has 0 fully saturated rings. The first-order chi connectivity index (χ1) is 10.7. The average Bonchev–Trinajstić information content (AvgIpc) is 2.58. The number of hydrogen-bond donors (Lipinski definition) is 2. The highest BCUT2D eigenvalue weighted by Crippen LogP contribution is 2.10. The molecule has 1 unspecified atom stereocenters. The third-order valence-corrected chi connectivity index (χ3v) is 3.47. The van der Waals surface area contributed by atoms with Crippen molar-refractivity contribution in [3.8, 4) is 5.75 Å². The van der Waals surface area contributed by atoms with E-state index in [1.54, 1.807) is 7.11 Å². The van der Waals surface area contributed by atoms with Crippen LogP contribution in [-0.2, 0) is 17.9 Å². The van der Waals surface area contributed by atoms with Crippen LogP contribution in [0.2, 0.25) is 0 Å². The zero-order valence-corrected chi connectivity index (χ0v) is 13.0. The standard InChI is InChI=1S/C18H22N2O2/c1-14(19-12-15-6-4-3-5-7-15)18(21)20-13-16-8-10-17(22-2)11-9-16/h3-11,14,19H,12-13H2,1-2H3,(H,20,21). The van der Waals surface area contributed by atoms with E-state index in [2.05, 4.69) is 10.6 Å². The maximum Gasteiger partial charge on any atom is 0.237 e. The van der Waals surface area contributed by atoms with Gasteiger partial charge in [0.25, 0.3) is 0 Å². The Morgan fingerprint density at radius 3 is 2.27 bits per heavy atom. The fourth-order valence-corrected chi connectivity index (χ4v) is 2.05. The zero-order valence-electron chi connectivity index (χ0n) is 13.0. The maximum atomic E-state index is 12.1. The Morgan fingerprint density at radius 1 is 1.00 bits per heavy atom. The van der Waals surface area contributed by atoms with Crippen LogP contribution >= 0.6 is 0 Å². The molecular weight excluding hydrogens is 276 g/mol. The van der Waals surface area contributed by atoms with Gasteiger partial charge in [-0.15, -0.1) is 0 Å². The minimum absolute atomic E-state index is 0.00764. The van der Waals surface area contributed by atoms with Crippen molar-refractivity contribution in [2.24, 2.45) is 0 Å². The van der Waals surface area contributed by atoms with Crippen LogP contribution in [-0.4, -0.2) is 19.1 Å². The monoisotopic (exact) mass is 298 g/mol. The lowest BCUT2D eigenvalue weighted by Gasteiger charge is -2.14. The molecule has 0 spiro atoms. The van der Waals surface area contributed by atoms with Crippen LogP contribution in [0.5, 0.6) is 5.75 Å². The normalized spacial score (nSPS) is 11.7. The van der Waals surface area contributed by atoms with Gasteiger partial charge in [0, 0.05) is 13.1 Å². The molecule has 2 aromatic carbocycles. The Bertz CT molecular complexity index is 582. The summed E-state index contributed by atoms with van der Waals surface area (Å²) in [6.45, 7) is 3.06. The summed E-state index contributed by atoms with van der Waals surface area (Å²) in [6, 6.07) is 17.5. The van der Waals surface area contributed by atoms with Gasteiger partial charge in [-0.25, -0.2) is 0 Å². The van der Waals surface area contributed by atoms with Gasteiger partial charge in [0.05, 0.1) is 13.2 Å². The third-order valence-electron chi connectivity index (χ3n) is 3.47. The molecule has 1 atom stereocenters. The number of benzene rings is 2. The average molecular weight is 298 g/mol. The van der Waals surface area contributed by atoms with E-state index in [-0.39, 0.29) is 11.9 Å². The van der Waals surface area contributed by atoms with Crippen molar-refractivity contribution in [2.75, 3.05) is 7.11 Å². The minimum atomic E-state index is -0.238. The first-order valence-corrected chi connectivity index (χ1v) is 7.37. The van der Waals surface area contributed by atoms with Gasteiger partial charge < -0.3 is 15.4 Å². The van der Waals surface area contributed by atoms with Crippen LogP contribution < -0.4 is 15.4 Å². The van der Waals surface area contributed by atoms with Crippen LogP contribution in [0.25, 0.3) is 0 Å². The van der Waals surface area contributed by atoms with Crippen LogP contribution in [0.4, 0.5) is 0 Å². The molecule has 4 nitrogen and oxygen atoms in total. The molecule has 2 N–H and O–H groups in total. The molecule has 1 amide bonds. The smallest absolute Gasteiger partial charge is 0.237 e. The van der Waals surface area contributed by atoms with Crippen molar-refractivity contribution < 1.29 is 9.53 Å². The SMILES string of the molecule is COc1ccc(CNC(=O)C(C)NCc2ccccc2)cc1. The summed E-state index contributed by atoms with van der Waals surface area (Å²) in [5.41, 5.74) is 2.21. The Balaban J connectivity index is 1.76. The minimum Gasteiger partial charge on any atom is -0.497 e. The van der Waals surface area contributed by atoms with Crippen LogP contribution in [0.15, 0.2) is 54.6 Å². The van der Waals surface area contributed by atoms with Crippen LogP contribution in [0, 0.1) is 0 Å². The molecule has 0 heterocycles. The largest absolute Gasteiger partial charge is 0.497 e. The van der Waals surface area contributed by atoms with Gasteiger partial charge in [-0.2, -0.15) is 0 Å². The Morgan fingerprint density at radius 2 is 1.64 bits per heavy atom. The number of hydrogen-bond acceptors (Lipinski definition) is 3. The molecule has 0 aliphatic rings. The summed E-state index contributed by atoms with van der Waals surface area (Å²) < 4.78 is 5.11. The molecule has 0 aliphatic carbocycles. The van der Waals surface area contributed by atoms with Gasteiger partial charge in [0.1, 0.15) is 5.75 Å². The Hall–Kier alpha value is -2.33. The van der Waals surface area contributed by atoms with E-state index in [4.69, 9.17) is 4.74 Å². The lowest BCUT2D eigenvalue weighted by Crippen LogP contribution is -2.41. The van der Waals surface area contributed by atoms with Crippen molar-refractivity contribution >= 4 is 5.91 Å². The number of carbonyl (C=O) groups excluding carboxylic acids is 1. The predicted octanol–water partition coefficient (Wildman–Crippen LogP) is 2.49. The van der Waals surface area contributed by atoms with Crippen molar-refractivity contribution in [2.45, 2.75) is 26.1 Å². The summed E-state index contributed by atoms with van der Waals surface area (Å²) in [4.78, 5) is 12.1. The van der Waals surface area contributed by atoms with E-state index in [1.807, 2.05) is 61.5 Å². The molecule has 0 bridgehead atoms. The highest BCUT2D eigenvalue weighted by atomic mass is 16.5. The Labute approximate surface area is 131 Å². The van der Waals surface area contributed by atoms with Gasteiger partial charge >= 0.3 is 0 Å². The second kappa shape index (κ2) is 8.20. The number of methoxy groups -OCH3 is 1. The van der Waals surface area contributed by atoms with Crippen molar-refractivity contribution in [1.82, 2.24) is 10.6 Å². The molecule has 22 heavy (non-hydrogen) atoms. The highest BCUT2D eigenvalue weighted by Gasteiger charge is 2.11. The zero-order chi connectivity index (χ0) is 15.8. The third kappa shape index (κ3) is 4.90. The van der Waals surface area contributed by atoms with Gasteiger partial charge in [0.2, 0.25) is 5.91 Å². The molecule has 0 saturated heterocycles. The van der Waals surface area contributed by atoms with E-state index in [0.717, 1.165) is 16.9 Å². The second-order valence-electron chi connectivity index (χ2n) is 5.15. The fraction of sp³-hybridized carbons (Fsp3) is 0.278. The lowest BCUT2D eigenvalue weighted by atomic mass is 10.2. The van der Waals surface area contributed by atoms with Gasteiger partial charge in [-0.3, -0.25) is 4.79 Å². The van der Waals surface area contributed by atoms with E-state index < -0.39 is 0 Å². The first-order valence-electron chi connectivity index (χ1n) is 7.37. The maximum absolute atomic E-state index is 12.1. The summed E-state index contributed by atoms with van der Waals surface area (Å²) in [7, 11) is 1.64. The number of ether oxygens (including phenoxy) is 1. The molecule has 0 aromatic heterocycles. The van der Waals surface area contributed by atoms with Gasteiger partial charge in [0.15, 0.2) is 0 Å². The number of rotatable bonds is 7. The highest BCUT2D eigenvalue weighted by molar-refractivity contribution is 5.81. The second-order valence-corrected chi connectivity index (χ2v) is 5.15. The lowest BCUT2D eigenvalue weighted by molar-refractivity contribution is -0.122. The van der Waals surface area contributed by atoms with E-state index in [1.165, 1.54) is 0 Å². The van der Waals surface area contributed by atoms with Crippen molar-refractivity contribution in [3.63, 3.8) is 0 Å². The van der Waals surface area contributed by atoms with E-state index >= 15 is 0 Å². The predicted molar refractivity (Wildman–Crippen MR) is 87.6 cm³/mol. The molecule has 0 radical (unpaired) electrons. The number of amides is 1. The van der Waals surface area contributed by atoms with Crippen LogP contribution in [0.1, 0.15) is 18.1 Å². The Kier molecular flexibility index (Phi) is 5.98. The molecule has 2 rings (SSSR count). The van der Waals surface area contributed by atoms with Gasteiger partial charge in [-0.05, 0) is 30.2 Å². The van der Waals surface area contributed by atoms with Crippen molar-refractivity contribution in [1.29, 1.82) is 0 Å². The molecule has 0 saturated carbocycles. The van der Waals surface area contributed by atoms with E-state index in [9.17, 15) is 4.79 Å². The van der Waals surface area contributed by atoms with Crippen molar-refractivity contribution in [3.05, 3.63) is 65.7 Å². The fourth-order valence-electron chi connectivity index (χ4n) is 2.05. The van der Waals surface area contributed by atoms with Gasteiger partial charge in [-0.1, -0.05) is 42.5 Å². The molecule has 2 aromatic rings. The van der Waals surface area contributed by atoms with Crippen LogP contribution in [0.3, 0.4) is 0 Å². The quantitative estimate of drug-likeness (QED) is 0.825. The summed E-state index contributed by atoms with van der Waals surface area (Å²) >= 11 is 0. The number of nitrogens with one attached hydrogen (secondary N) is 2. The molecule has 4 heteroatoms. The molecule has 0 aliphatic heterocycles. The summed E-state index contributed by atoms with van der Waals surface area (Å²) in [5, 5.41) is 6.15. The summed E-state index contributed by atoms with van der Waals surface area (Å²) in [6.07, 6.45) is 0. The molecule has 116 valence electrons. The number of carbonyl (C=O) groups is 1.